The summed E-state index contributed by atoms with van der Waals surface area (Å²) in [5, 5.41) is 0.392. The molecule has 0 aromatic heterocycles. The van der Waals surface area contributed by atoms with E-state index in [1.165, 1.54) is 4.90 Å². The molecule has 108 valence electrons. The highest BCUT2D eigenvalue weighted by Crippen LogP contribution is 2.26. The molecule has 2 aromatic carbocycles. The van der Waals surface area contributed by atoms with E-state index in [9.17, 15) is 4.79 Å². The summed E-state index contributed by atoms with van der Waals surface area (Å²) in [5.74, 6) is -0.231. The molecule has 0 unspecified atom stereocenters. The van der Waals surface area contributed by atoms with Crippen molar-refractivity contribution >= 4 is 56.3 Å². The Morgan fingerprint density at radius 2 is 1.90 bits per heavy atom. The van der Waals surface area contributed by atoms with E-state index in [-0.39, 0.29) is 10.9 Å². The van der Waals surface area contributed by atoms with Crippen LogP contribution in [0.15, 0.2) is 46.9 Å². The van der Waals surface area contributed by atoms with Gasteiger partial charge in [-0.2, -0.15) is 0 Å². The molecule has 0 bridgehead atoms. The fourth-order valence-corrected chi connectivity index (χ4v) is 2.66. The Bertz CT molecular complexity index is 721. The number of para-hydroxylation sites is 1. The number of hydrogen-bond acceptors (Lipinski definition) is 2. The molecule has 6 heteroatoms. The normalized spacial score (nSPS) is 10.2. The highest BCUT2D eigenvalue weighted by molar-refractivity contribution is 9.10. The number of nitrogens with zero attached hydrogens (tertiary/aromatic N) is 1. The van der Waals surface area contributed by atoms with Gasteiger partial charge in [-0.15, -0.1) is 0 Å². The van der Waals surface area contributed by atoms with Gasteiger partial charge >= 0.3 is 0 Å². The number of amides is 1. The van der Waals surface area contributed by atoms with Crippen LogP contribution in [0.2, 0.25) is 5.02 Å². The van der Waals surface area contributed by atoms with Crippen LogP contribution in [0.4, 0.5) is 5.69 Å². The number of rotatable bonds is 3. The fourth-order valence-electron chi connectivity index (χ4n) is 1.93. The minimum atomic E-state index is -0.231. The zero-order chi connectivity index (χ0) is 15.6. The molecule has 21 heavy (non-hydrogen) atoms. The monoisotopic (exact) mass is 382 g/mol. The van der Waals surface area contributed by atoms with Crippen LogP contribution >= 0.6 is 39.7 Å². The summed E-state index contributed by atoms with van der Waals surface area (Å²) >= 11 is 14.5. The second-order valence-electron chi connectivity index (χ2n) is 4.37. The maximum atomic E-state index is 12.6. The van der Waals surface area contributed by atoms with Crippen LogP contribution in [0, 0.1) is 0 Å². The van der Waals surface area contributed by atoms with Crippen LogP contribution in [0.25, 0.3) is 0 Å². The molecule has 0 saturated carbocycles. The van der Waals surface area contributed by atoms with Crippen LogP contribution in [-0.2, 0) is 0 Å². The van der Waals surface area contributed by atoms with Gasteiger partial charge < -0.3 is 10.6 Å². The van der Waals surface area contributed by atoms with E-state index in [0.717, 1.165) is 4.47 Å². The SMILES string of the molecule is CN(C(=O)c1cc(Br)ccc1Cl)c1ccccc1C(N)=S. The Labute approximate surface area is 141 Å². The largest absolute Gasteiger partial charge is 0.389 e. The molecule has 0 saturated heterocycles. The topological polar surface area (TPSA) is 46.3 Å². The van der Waals surface area contributed by atoms with Gasteiger partial charge in [-0.25, -0.2) is 0 Å². The molecule has 0 radical (unpaired) electrons. The van der Waals surface area contributed by atoms with Crippen molar-refractivity contribution in [3.05, 3.63) is 63.1 Å². The Morgan fingerprint density at radius 3 is 2.57 bits per heavy atom. The molecule has 0 fully saturated rings. The van der Waals surface area contributed by atoms with E-state index < -0.39 is 0 Å². The summed E-state index contributed by atoms with van der Waals surface area (Å²) < 4.78 is 0.784. The van der Waals surface area contributed by atoms with Crippen LogP contribution in [0.1, 0.15) is 15.9 Å². The van der Waals surface area contributed by atoms with Gasteiger partial charge in [-0.1, -0.05) is 51.9 Å². The maximum absolute atomic E-state index is 12.6. The zero-order valence-electron chi connectivity index (χ0n) is 11.1. The third-order valence-electron chi connectivity index (χ3n) is 2.99. The number of thiocarbonyl (C=S) groups is 1. The summed E-state index contributed by atoms with van der Waals surface area (Å²) in [4.78, 5) is 14.4. The van der Waals surface area contributed by atoms with Gasteiger partial charge in [-0.05, 0) is 30.3 Å². The van der Waals surface area contributed by atoms with Gasteiger partial charge in [-0.3, -0.25) is 4.79 Å². The number of hydrogen-bond donors (Lipinski definition) is 1. The molecule has 0 atom stereocenters. The summed E-state index contributed by atoms with van der Waals surface area (Å²) in [7, 11) is 1.66. The highest BCUT2D eigenvalue weighted by atomic mass is 79.9. The molecule has 2 N–H and O–H groups in total. The third-order valence-corrected chi connectivity index (χ3v) is 4.04. The zero-order valence-corrected chi connectivity index (χ0v) is 14.3. The second-order valence-corrected chi connectivity index (χ2v) is 6.13. The lowest BCUT2D eigenvalue weighted by Gasteiger charge is -2.21. The van der Waals surface area contributed by atoms with Gasteiger partial charge in [0.15, 0.2) is 0 Å². The fraction of sp³-hybridized carbons (Fsp3) is 0.0667. The van der Waals surface area contributed by atoms with Crippen LogP contribution in [-0.4, -0.2) is 17.9 Å². The summed E-state index contributed by atoms with van der Waals surface area (Å²) in [5.41, 5.74) is 7.41. The lowest BCUT2D eigenvalue weighted by atomic mass is 10.1. The quantitative estimate of drug-likeness (QED) is 0.815. The van der Waals surface area contributed by atoms with Gasteiger partial charge in [0.2, 0.25) is 0 Å². The first-order valence-corrected chi connectivity index (χ1v) is 7.61. The number of halogens is 2. The smallest absolute Gasteiger partial charge is 0.259 e. The van der Waals surface area contributed by atoms with Gasteiger partial charge in [0.1, 0.15) is 4.99 Å². The Balaban J connectivity index is 2.45. The summed E-state index contributed by atoms with van der Waals surface area (Å²) in [6, 6.07) is 12.4. The van der Waals surface area contributed by atoms with Crippen molar-refractivity contribution < 1.29 is 4.79 Å². The Kier molecular flexibility index (Phi) is 4.98. The van der Waals surface area contributed by atoms with Crippen LogP contribution < -0.4 is 10.6 Å². The first-order valence-electron chi connectivity index (χ1n) is 6.03. The molecule has 0 aliphatic rings. The third kappa shape index (κ3) is 3.43. The molecular weight excluding hydrogens is 372 g/mol. The minimum absolute atomic E-state index is 0.231. The van der Waals surface area contributed by atoms with Crippen molar-refractivity contribution in [2.24, 2.45) is 5.73 Å². The van der Waals surface area contributed by atoms with Crippen molar-refractivity contribution in [1.82, 2.24) is 0 Å². The van der Waals surface area contributed by atoms with E-state index in [1.807, 2.05) is 12.1 Å². The van der Waals surface area contributed by atoms with Crippen LogP contribution in [0.3, 0.4) is 0 Å². The molecule has 0 aliphatic heterocycles. The molecule has 0 aliphatic carbocycles. The Morgan fingerprint density at radius 1 is 1.24 bits per heavy atom. The maximum Gasteiger partial charge on any atom is 0.259 e. The predicted molar refractivity (Wildman–Crippen MR) is 94.2 cm³/mol. The van der Waals surface area contributed by atoms with Gasteiger partial charge in [0.05, 0.1) is 16.3 Å². The van der Waals surface area contributed by atoms with Crippen molar-refractivity contribution in [3.63, 3.8) is 0 Å². The highest BCUT2D eigenvalue weighted by Gasteiger charge is 2.19. The average molecular weight is 384 g/mol. The van der Waals surface area contributed by atoms with E-state index in [1.54, 1.807) is 37.4 Å². The minimum Gasteiger partial charge on any atom is -0.389 e. The predicted octanol–water partition coefficient (Wildman–Crippen LogP) is 4.01. The van der Waals surface area contributed by atoms with E-state index >= 15 is 0 Å². The number of anilines is 1. The number of nitrogens with two attached hydrogens (primary N) is 1. The van der Waals surface area contributed by atoms with Gasteiger partial charge in [0, 0.05) is 17.1 Å². The van der Waals surface area contributed by atoms with Crippen molar-refractivity contribution in [1.29, 1.82) is 0 Å². The van der Waals surface area contributed by atoms with E-state index in [4.69, 9.17) is 29.6 Å². The second kappa shape index (κ2) is 6.56. The first kappa shape index (κ1) is 15.9. The summed E-state index contributed by atoms with van der Waals surface area (Å²) in [6.07, 6.45) is 0. The van der Waals surface area contributed by atoms with Crippen molar-refractivity contribution in [3.8, 4) is 0 Å². The standard InChI is InChI=1S/C15H12BrClN2OS/c1-19(13-5-3-2-4-10(13)14(18)21)15(20)11-8-9(16)6-7-12(11)17/h2-8H,1H3,(H2,18,21). The molecule has 2 rings (SSSR count). The molecule has 2 aromatic rings. The van der Waals surface area contributed by atoms with Crippen molar-refractivity contribution in [2.75, 3.05) is 11.9 Å². The number of benzene rings is 2. The van der Waals surface area contributed by atoms with Crippen molar-refractivity contribution in [2.45, 2.75) is 0 Å². The van der Waals surface area contributed by atoms with E-state index in [2.05, 4.69) is 15.9 Å². The molecular formula is C15H12BrClN2OS. The number of carbonyl (C=O) groups is 1. The molecule has 3 nitrogen and oxygen atoms in total. The lowest BCUT2D eigenvalue weighted by Crippen LogP contribution is -2.29. The number of carbonyl (C=O) groups excluding carboxylic acids is 1. The Hall–Kier alpha value is -1.43. The average Bonchev–Trinajstić information content (AvgIpc) is 2.48. The molecule has 1 amide bonds. The molecule has 0 heterocycles. The van der Waals surface area contributed by atoms with E-state index in [0.29, 0.717) is 21.8 Å². The van der Waals surface area contributed by atoms with Gasteiger partial charge in [0.25, 0.3) is 5.91 Å². The van der Waals surface area contributed by atoms with Crippen LogP contribution in [0.5, 0.6) is 0 Å². The molecule has 0 spiro atoms. The lowest BCUT2D eigenvalue weighted by molar-refractivity contribution is 0.0993. The summed E-state index contributed by atoms with van der Waals surface area (Å²) in [6.45, 7) is 0. The first-order chi connectivity index (χ1) is 9.91.